The molecule has 3 aliphatic heterocycles. The van der Waals surface area contributed by atoms with Gasteiger partial charge in [-0.05, 0) is 44.2 Å². The molecule has 1 atom stereocenters. The second-order valence-corrected chi connectivity index (χ2v) is 8.30. The number of rotatable bonds is 4. The Hall–Kier alpha value is -1.92. The van der Waals surface area contributed by atoms with Gasteiger partial charge in [0, 0.05) is 51.5 Å². The molecule has 0 N–H and O–H groups in total. The van der Waals surface area contributed by atoms with Crippen LogP contribution in [-0.4, -0.2) is 84.9 Å². The van der Waals surface area contributed by atoms with Crippen LogP contribution in [0.4, 0.5) is 5.69 Å². The van der Waals surface area contributed by atoms with Crippen molar-refractivity contribution in [2.45, 2.75) is 38.6 Å². The smallest absolute Gasteiger partial charge is 0.244 e. The van der Waals surface area contributed by atoms with Crippen LogP contribution in [-0.2, 0) is 16.0 Å². The van der Waals surface area contributed by atoms with Gasteiger partial charge in [0.1, 0.15) is 0 Å². The molecule has 1 unspecified atom stereocenters. The zero-order valence-corrected chi connectivity index (χ0v) is 17.0. The fraction of sp³-hybridized carbons (Fsp3) is 0.636. The van der Waals surface area contributed by atoms with Crippen LogP contribution in [0.2, 0.25) is 0 Å². The van der Waals surface area contributed by atoms with Crippen molar-refractivity contribution in [2.75, 3.05) is 57.3 Å². The van der Waals surface area contributed by atoms with Crippen LogP contribution in [0.3, 0.4) is 0 Å². The zero-order chi connectivity index (χ0) is 19.5. The normalized spacial score (nSPS) is 22.2. The van der Waals surface area contributed by atoms with E-state index in [0.717, 1.165) is 77.2 Å². The molecule has 0 spiro atoms. The number of hydrogen-bond donors (Lipinski definition) is 0. The number of para-hydroxylation sites is 1. The maximum absolute atomic E-state index is 13.2. The molecule has 0 bridgehead atoms. The average Bonchev–Trinajstić information content (AvgIpc) is 3.28. The number of benzene rings is 1. The van der Waals surface area contributed by atoms with Crippen LogP contribution in [0.25, 0.3) is 0 Å². The number of hydrogen-bond acceptors (Lipinski definition) is 4. The molecular formula is C22H32N4O2. The number of fused-ring (bicyclic) bond motifs is 1. The van der Waals surface area contributed by atoms with Crippen molar-refractivity contribution in [2.24, 2.45) is 0 Å². The maximum Gasteiger partial charge on any atom is 0.244 e. The molecule has 1 aromatic carbocycles. The number of carbonyl (C=O) groups is 2. The highest BCUT2D eigenvalue weighted by atomic mass is 16.2. The van der Waals surface area contributed by atoms with E-state index >= 15 is 0 Å². The van der Waals surface area contributed by atoms with Gasteiger partial charge < -0.3 is 9.80 Å². The molecule has 152 valence electrons. The third kappa shape index (κ3) is 4.08. The first kappa shape index (κ1) is 19.4. The maximum atomic E-state index is 13.2. The molecule has 28 heavy (non-hydrogen) atoms. The molecule has 2 amide bonds. The summed E-state index contributed by atoms with van der Waals surface area (Å²) in [5, 5.41) is 0. The molecule has 3 heterocycles. The van der Waals surface area contributed by atoms with Gasteiger partial charge >= 0.3 is 0 Å². The van der Waals surface area contributed by atoms with Crippen LogP contribution in [0.15, 0.2) is 24.3 Å². The average molecular weight is 385 g/mol. The summed E-state index contributed by atoms with van der Waals surface area (Å²) in [5.74, 6) is 0.466. The molecule has 0 aliphatic carbocycles. The summed E-state index contributed by atoms with van der Waals surface area (Å²) < 4.78 is 0. The Morgan fingerprint density at radius 1 is 0.929 bits per heavy atom. The van der Waals surface area contributed by atoms with Crippen molar-refractivity contribution < 1.29 is 9.59 Å². The SMILES string of the molecule is CC(C(=O)N1CCCc2ccccc21)N1CCN(CC(=O)N2CCCC2)CC1. The fourth-order valence-electron chi connectivity index (χ4n) is 4.71. The summed E-state index contributed by atoms with van der Waals surface area (Å²) in [6, 6.07) is 8.16. The summed E-state index contributed by atoms with van der Waals surface area (Å²) in [6.07, 6.45) is 4.36. The first-order chi connectivity index (χ1) is 13.6. The fourth-order valence-corrected chi connectivity index (χ4v) is 4.71. The first-order valence-corrected chi connectivity index (χ1v) is 10.8. The second-order valence-electron chi connectivity index (χ2n) is 8.30. The van der Waals surface area contributed by atoms with Crippen LogP contribution in [0.5, 0.6) is 0 Å². The topological polar surface area (TPSA) is 47.1 Å². The van der Waals surface area contributed by atoms with Crippen LogP contribution < -0.4 is 4.90 Å². The van der Waals surface area contributed by atoms with E-state index in [1.54, 1.807) is 0 Å². The Kier molecular flexibility index (Phi) is 5.97. The lowest BCUT2D eigenvalue weighted by atomic mass is 10.0. The number of piperazine rings is 1. The monoisotopic (exact) mass is 384 g/mol. The van der Waals surface area contributed by atoms with E-state index in [-0.39, 0.29) is 17.9 Å². The molecule has 1 aromatic rings. The standard InChI is InChI=1S/C22H32N4O2/c1-18(22(28)26-12-6-8-19-7-2-3-9-20(19)26)24-15-13-23(14-16-24)17-21(27)25-10-4-5-11-25/h2-3,7,9,18H,4-6,8,10-17H2,1H3. The van der Waals surface area contributed by atoms with Crippen LogP contribution in [0, 0.1) is 0 Å². The van der Waals surface area contributed by atoms with Crippen molar-refractivity contribution in [1.29, 1.82) is 0 Å². The van der Waals surface area contributed by atoms with E-state index in [9.17, 15) is 9.59 Å². The zero-order valence-electron chi connectivity index (χ0n) is 17.0. The third-order valence-electron chi connectivity index (χ3n) is 6.51. The molecule has 6 nitrogen and oxygen atoms in total. The molecule has 4 rings (SSSR count). The predicted molar refractivity (Wildman–Crippen MR) is 110 cm³/mol. The van der Waals surface area contributed by atoms with Crippen molar-refractivity contribution in [3.63, 3.8) is 0 Å². The predicted octanol–water partition coefficient (Wildman–Crippen LogP) is 1.59. The van der Waals surface area contributed by atoms with E-state index in [1.807, 2.05) is 22.8 Å². The molecule has 0 saturated carbocycles. The van der Waals surface area contributed by atoms with E-state index in [0.29, 0.717) is 6.54 Å². The Morgan fingerprint density at radius 3 is 2.39 bits per heavy atom. The number of nitrogens with zero attached hydrogens (tertiary/aromatic N) is 4. The summed E-state index contributed by atoms with van der Waals surface area (Å²) in [7, 11) is 0. The summed E-state index contributed by atoms with van der Waals surface area (Å²) in [6.45, 7) is 8.60. The minimum absolute atomic E-state index is 0.123. The molecule has 0 aromatic heterocycles. The van der Waals surface area contributed by atoms with Gasteiger partial charge in [0.2, 0.25) is 11.8 Å². The summed E-state index contributed by atoms with van der Waals surface area (Å²) >= 11 is 0. The highest BCUT2D eigenvalue weighted by molar-refractivity contribution is 5.98. The van der Waals surface area contributed by atoms with E-state index in [4.69, 9.17) is 0 Å². The number of amides is 2. The van der Waals surface area contributed by atoms with Gasteiger partial charge in [-0.2, -0.15) is 0 Å². The van der Waals surface area contributed by atoms with Crippen molar-refractivity contribution in [3.05, 3.63) is 29.8 Å². The van der Waals surface area contributed by atoms with Gasteiger partial charge in [-0.25, -0.2) is 0 Å². The highest BCUT2D eigenvalue weighted by Gasteiger charge is 2.32. The Balaban J connectivity index is 1.31. The lowest BCUT2D eigenvalue weighted by Crippen LogP contribution is -2.56. The molecule has 0 radical (unpaired) electrons. The lowest BCUT2D eigenvalue weighted by Gasteiger charge is -2.40. The minimum atomic E-state index is -0.123. The minimum Gasteiger partial charge on any atom is -0.342 e. The second kappa shape index (κ2) is 8.62. The van der Waals surface area contributed by atoms with E-state index < -0.39 is 0 Å². The Labute approximate surface area is 168 Å². The Morgan fingerprint density at radius 2 is 1.64 bits per heavy atom. The van der Waals surface area contributed by atoms with E-state index in [1.165, 1.54) is 5.56 Å². The molecule has 2 saturated heterocycles. The third-order valence-corrected chi connectivity index (χ3v) is 6.51. The quantitative estimate of drug-likeness (QED) is 0.791. The number of aryl methyl sites for hydroxylation is 1. The van der Waals surface area contributed by atoms with Crippen LogP contribution in [0.1, 0.15) is 31.7 Å². The number of likely N-dealkylation sites (tertiary alicyclic amines) is 1. The van der Waals surface area contributed by atoms with Crippen molar-refractivity contribution in [3.8, 4) is 0 Å². The summed E-state index contributed by atoms with van der Waals surface area (Å²) in [4.78, 5) is 34.1. The van der Waals surface area contributed by atoms with Gasteiger partial charge in [0.05, 0.1) is 12.6 Å². The molecular weight excluding hydrogens is 352 g/mol. The first-order valence-electron chi connectivity index (χ1n) is 10.8. The van der Waals surface area contributed by atoms with Gasteiger partial charge in [0.25, 0.3) is 0 Å². The van der Waals surface area contributed by atoms with Crippen molar-refractivity contribution >= 4 is 17.5 Å². The van der Waals surface area contributed by atoms with E-state index in [2.05, 4.69) is 28.0 Å². The molecule has 6 heteroatoms. The van der Waals surface area contributed by atoms with Gasteiger partial charge in [-0.1, -0.05) is 18.2 Å². The highest BCUT2D eigenvalue weighted by Crippen LogP contribution is 2.27. The largest absolute Gasteiger partial charge is 0.342 e. The molecule has 3 aliphatic rings. The van der Waals surface area contributed by atoms with Crippen molar-refractivity contribution in [1.82, 2.24) is 14.7 Å². The summed E-state index contributed by atoms with van der Waals surface area (Å²) in [5.41, 5.74) is 2.36. The number of carbonyl (C=O) groups excluding carboxylic acids is 2. The number of anilines is 1. The van der Waals surface area contributed by atoms with Gasteiger partial charge in [-0.15, -0.1) is 0 Å². The van der Waals surface area contributed by atoms with Crippen LogP contribution >= 0.6 is 0 Å². The lowest BCUT2D eigenvalue weighted by molar-refractivity contribution is -0.132. The van der Waals surface area contributed by atoms with Gasteiger partial charge in [0.15, 0.2) is 0 Å². The Bertz CT molecular complexity index is 708. The molecule has 2 fully saturated rings. The van der Waals surface area contributed by atoms with Gasteiger partial charge in [-0.3, -0.25) is 19.4 Å².